The zero-order chi connectivity index (χ0) is 17.9. The first-order valence-electron chi connectivity index (χ1n) is 8.27. The average molecular weight is 348 g/mol. The molecule has 0 amide bonds. The molecule has 5 nitrogen and oxygen atoms in total. The van der Waals surface area contributed by atoms with Crippen LogP contribution in [-0.4, -0.2) is 16.3 Å². The summed E-state index contributed by atoms with van der Waals surface area (Å²) in [6.45, 7) is 2.80. The highest BCUT2D eigenvalue weighted by atomic mass is 19.1. The molecule has 1 aliphatic rings. The average Bonchev–Trinajstić information content (AvgIpc) is 2.68. The van der Waals surface area contributed by atoms with Crippen LogP contribution in [0.4, 0.5) is 15.8 Å². The standard InChI is InChI=1S/C20H17FN4O/c1-14-4-5-16(26-12-19-17(21)3-2-7-23-19)9-20(14)25-11-15-10-22-8-6-18(15)24-13-25/h2-10,13H,11-12H2,1H3. The van der Waals surface area contributed by atoms with Crippen LogP contribution in [0.15, 0.2) is 60.0 Å². The number of halogens is 1. The van der Waals surface area contributed by atoms with E-state index in [0.717, 1.165) is 22.5 Å². The molecule has 0 unspecified atom stereocenters. The van der Waals surface area contributed by atoms with E-state index in [1.807, 2.05) is 48.6 Å². The maximum absolute atomic E-state index is 13.7. The molecule has 130 valence electrons. The van der Waals surface area contributed by atoms with E-state index in [2.05, 4.69) is 15.0 Å². The summed E-state index contributed by atoms with van der Waals surface area (Å²) in [6, 6.07) is 10.6. The smallest absolute Gasteiger partial charge is 0.148 e. The molecule has 0 saturated carbocycles. The topological polar surface area (TPSA) is 50.6 Å². The summed E-state index contributed by atoms with van der Waals surface area (Å²) >= 11 is 0. The van der Waals surface area contributed by atoms with Crippen LogP contribution in [0, 0.1) is 12.7 Å². The van der Waals surface area contributed by atoms with Gasteiger partial charge in [-0.15, -0.1) is 0 Å². The number of ether oxygens (including phenoxy) is 1. The van der Waals surface area contributed by atoms with Crippen molar-refractivity contribution in [2.75, 3.05) is 4.90 Å². The van der Waals surface area contributed by atoms with Gasteiger partial charge in [0.15, 0.2) is 0 Å². The Morgan fingerprint density at radius 3 is 3.00 bits per heavy atom. The summed E-state index contributed by atoms with van der Waals surface area (Å²) in [5.74, 6) is 0.285. The molecule has 3 aromatic rings. The van der Waals surface area contributed by atoms with Crippen LogP contribution >= 0.6 is 0 Å². The van der Waals surface area contributed by atoms with Crippen LogP contribution in [0.2, 0.25) is 0 Å². The first-order valence-corrected chi connectivity index (χ1v) is 8.27. The lowest BCUT2D eigenvalue weighted by molar-refractivity contribution is 0.294. The summed E-state index contributed by atoms with van der Waals surface area (Å²) in [5, 5.41) is 0. The Morgan fingerprint density at radius 2 is 2.12 bits per heavy atom. The van der Waals surface area contributed by atoms with E-state index in [1.165, 1.54) is 6.07 Å². The van der Waals surface area contributed by atoms with Crippen LogP contribution in [0.1, 0.15) is 16.8 Å². The fourth-order valence-corrected chi connectivity index (χ4v) is 2.84. The number of benzene rings is 1. The lowest BCUT2D eigenvalue weighted by Crippen LogP contribution is -2.24. The molecular formula is C20H17FN4O. The largest absolute Gasteiger partial charge is 0.487 e. The summed E-state index contributed by atoms with van der Waals surface area (Å²) in [7, 11) is 0. The molecule has 1 aromatic carbocycles. The molecule has 1 aliphatic heterocycles. The van der Waals surface area contributed by atoms with Crippen molar-refractivity contribution >= 4 is 17.7 Å². The molecule has 0 radical (unpaired) electrons. The minimum absolute atomic E-state index is 0.0794. The van der Waals surface area contributed by atoms with Crippen molar-refractivity contribution in [2.45, 2.75) is 20.1 Å². The summed E-state index contributed by atoms with van der Waals surface area (Å²) in [6.07, 6.45) is 6.94. The van der Waals surface area contributed by atoms with Gasteiger partial charge in [0, 0.05) is 35.9 Å². The Bertz CT molecular complexity index is 974. The van der Waals surface area contributed by atoms with Crippen molar-refractivity contribution in [2.24, 2.45) is 4.99 Å². The van der Waals surface area contributed by atoms with Crippen molar-refractivity contribution in [3.05, 3.63) is 77.6 Å². The Hall–Kier alpha value is -3.28. The zero-order valence-electron chi connectivity index (χ0n) is 14.3. The van der Waals surface area contributed by atoms with Crippen LogP contribution < -0.4 is 9.64 Å². The fraction of sp³-hybridized carbons (Fsp3) is 0.150. The molecule has 0 saturated heterocycles. The van der Waals surface area contributed by atoms with Gasteiger partial charge in [0.05, 0.1) is 18.6 Å². The lowest BCUT2D eigenvalue weighted by Gasteiger charge is -2.26. The third-order valence-corrected chi connectivity index (χ3v) is 4.25. The predicted octanol–water partition coefficient (Wildman–Crippen LogP) is 4.18. The number of hydrogen-bond acceptors (Lipinski definition) is 5. The summed E-state index contributed by atoms with van der Waals surface area (Å²) in [5.41, 5.74) is 4.37. The second kappa shape index (κ2) is 6.92. The van der Waals surface area contributed by atoms with Crippen molar-refractivity contribution in [3.63, 3.8) is 0 Å². The van der Waals surface area contributed by atoms with Gasteiger partial charge in [0.1, 0.15) is 23.9 Å². The first kappa shape index (κ1) is 16.2. The molecule has 0 fully saturated rings. The van der Waals surface area contributed by atoms with Crippen LogP contribution in [0.5, 0.6) is 5.75 Å². The second-order valence-electron chi connectivity index (χ2n) is 6.05. The molecule has 0 bridgehead atoms. The minimum Gasteiger partial charge on any atom is -0.487 e. The zero-order valence-corrected chi connectivity index (χ0v) is 14.3. The van der Waals surface area contributed by atoms with Gasteiger partial charge in [0.25, 0.3) is 0 Å². The Kier molecular flexibility index (Phi) is 4.31. The number of aromatic nitrogens is 2. The molecule has 4 rings (SSSR count). The van der Waals surface area contributed by atoms with E-state index in [-0.39, 0.29) is 18.1 Å². The quantitative estimate of drug-likeness (QED) is 0.710. The van der Waals surface area contributed by atoms with Gasteiger partial charge in [-0.2, -0.15) is 0 Å². The monoisotopic (exact) mass is 348 g/mol. The van der Waals surface area contributed by atoms with Gasteiger partial charge in [-0.25, -0.2) is 9.38 Å². The van der Waals surface area contributed by atoms with E-state index in [0.29, 0.717) is 12.3 Å². The van der Waals surface area contributed by atoms with E-state index in [4.69, 9.17) is 4.74 Å². The molecular weight excluding hydrogens is 331 g/mol. The third kappa shape index (κ3) is 3.26. The van der Waals surface area contributed by atoms with Gasteiger partial charge < -0.3 is 9.64 Å². The Morgan fingerprint density at radius 1 is 1.19 bits per heavy atom. The van der Waals surface area contributed by atoms with Crippen LogP contribution in [0.3, 0.4) is 0 Å². The van der Waals surface area contributed by atoms with E-state index in [9.17, 15) is 4.39 Å². The number of aryl methyl sites for hydroxylation is 1. The number of pyridine rings is 2. The number of fused-ring (bicyclic) bond motifs is 1. The molecule has 0 N–H and O–H groups in total. The van der Waals surface area contributed by atoms with Crippen molar-refractivity contribution in [1.29, 1.82) is 0 Å². The predicted molar refractivity (Wildman–Crippen MR) is 98.3 cm³/mol. The minimum atomic E-state index is -0.368. The Labute approximate surface area is 150 Å². The normalized spacial score (nSPS) is 12.8. The Balaban J connectivity index is 1.55. The highest BCUT2D eigenvalue weighted by molar-refractivity contribution is 5.85. The molecule has 0 spiro atoms. The molecule has 6 heteroatoms. The second-order valence-corrected chi connectivity index (χ2v) is 6.05. The van der Waals surface area contributed by atoms with Crippen LogP contribution in [-0.2, 0) is 13.2 Å². The number of rotatable bonds is 4. The fourth-order valence-electron chi connectivity index (χ4n) is 2.84. The van der Waals surface area contributed by atoms with Crippen LogP contribution in [0.25, 0.3) is 0 Å². The summed E-state index contributed by atoms with van der Waals surface area (Å²) < 4.78 is 19.4. The third-order valence-electron chi connectivity index (χ3n) is 4.25. The van der Waals surface area contributed by atoms with Gasteiger partial charge >= 0.3 is 0 Å². The maximum Gasteiger partial charge on any atom is 0.148 e. The van der Waals surface area contributed by atoms with E-state index in [1.54, 1.807) is 18.5 Å². The highest BCUT2D eigenvalue weighted by Gasteiger charge is 2.16. The number of anilines is 1. The van der Waals surface area contributed by atoms with E-state index >= 15 is 0 Å². The van der Waals surface area contributed by atoms with Gasteiger partial charge in [0.2, 0.25) is 0 Å². The molecule has 26 heavy (non-hydrogen) atoms. The molecule has 3 heterocycles. The lowest BCUT2D eigenvalue weighted by atomic mass is 10.1. The van der Waals surface area contributed by atoms with Gasteiger partial charge in [-0.3, -0.25) is 9.97 Å². The highest BCUT2D eigenvalue weighted by Crippen LogP contribution is 2.31. The van der Waals surface area contributed by atoms with E-state index < -0.39 is 0 Å². The molecule has 0 aliphatic carbocycles. The number of aliphatic imine (C=N–C) groups is 1. The first-order chi connectivity index (χ1) is 12.7. The maximum atomic E-state index is 13.7. The van der Waals surface area contributed by atoms with Crippen molar-refractivity contribution < 1.29 is 9.13 Å². The molecule has 2 aromatic heterocycles. The number of nitrogens with zero attached hydrogens (tertiary/aromatic N) is 4. The van der Waals surface area contributed by atoms with Crippen molar-refractivity contribution in [3.8, 4) is 5.75 Å². The summed E-state index contributed by atoms with van der Waals surface area (Å²) in [4.78, 5) is 14.7. The van der Waals surface area contributed by atoms with Gasteiger partial charge in [-0.05, 0) is 36.8 Å². The molecule has 0 atom stereocenters. The van der Waals surface area contributed by atoms with Gasteiger partial charge in [-0.1, -0.05) is 6.07 Å². The SMILES string of the molecule is Cc1ccc(OCc2ncccc2F)cc1N1C=Nc2ccncc2C1. The number of hydrogen-bond donors (Lipinski definition) is 0. The van der Waals surface area contributed by atoms with Crippen molar-refractivity contribution in [1.82, 2.24) is 9.97 Å².